The summed E-state index contributed by atoms with van der Waals surface area (Å²) in [7, 11) is -2.04. The van der Waals surface area contributed by atoms with Crippen molar-refractivity contribution < 1.29 is 13.2 Å². The number of sulfonamides is 1. The fourth-order valence-corrected chi connectivity index (χ4v) is 3.21. The fourth-order valence-electron chi connectivity index (χ4n) is 2.20. The number of nitrogens with zero attached hydrogens (tertiary/aromatic N) is 3. The van der Waals surface area contributed by atoms with Crippen LogP contribution in [0.15, 0.2) is 11.2 Å². The van der Waals surface area contributed by atoms with Crippen LogP contribution in [-0.2, 0) is 21.9 Å². The number of hydrogen-bond donors (Lipinski definition) is 2. The molecule has 0 aromatic carbocycles. The molecule has 1 amide bonds. The van der Waals surface area contributed by atoms with Crippen LogP contribution < -0.4 is 10.0 Å². The molecule has 1 aliphatic heterocycles. The van der Waals surface area contributed by atoms with Crippen molar-refractivity contribution in [3.05, 3.63) is 12.0 Å². The van der Waals surface area contributed by atoms with Crippen molar-refractivity contribution in [2.24, 2.45) is 7.05 Å². The lowest BCUT2D eigenvalue weighted by atomic mass is 10.2. The second-order valence-corrected chi connectivity index (χ2v) is 6.92. The molecular weight excluding hydrogens is 330 g/mol. The first-order chi connectivity index (χ1) is 9.81. The van der Waals surface area contributed by atoms with Crippen LogP contribution in [-0.4, -0.2) is 61.0 Å². The van der Waals surface area contributed by atoms with Gasteiger partial charge in [0, 0.05) is 38.9 Å². The van der Waals surface area contributed by atoms with Gasteiger partial charge in [0.1, 0.15) is 5.82 Å². The molecule has 0 aliphatic carbocycles. The smallest absolute Gasteiger partial charge is 0.260 e. The summed E-state index contributed by atoms with van der Waals surface area (Å²) in [4.78, 5) is 17.8. The molecule has 2 heterocycles. The lowest BCUT2D eigenvalue weighted by Crippen LogP contribution is -2.54. The third-order valence-corrected chi connectivity index (χ3v) is 4.87. The minimum Gasteiger partial charge on any atom is -0.337 e. The first-order valence-electron chi connectivity index (χ1n) is 6.81. The average molecular weight is 352 g/mol. The lowest BCUT2D eigenvalue weighted by Gasteiger charge is -2.34. The Bertz CT molecular complexity index is 611. The molecule has 126 valence electrons. The molecule has 8 nitrogen and oxygen atoms in total. The number of aryl methyl sites for hydroxylation is 2. The predicted octanol–water partition coefficient (Wildman–Crippen LogP) is -0.751. The Morgan fingerprint density at radius 2 is 2.23 bits per heavy atom. The summed E-state index contributed by atoms with van der Waals surface area (Å²) in [6, 6.07) is 0.0628. The van der Waals surface area contributed by atoms with Gasteiger partial charge in [-0.3, -0.25) is 4.79 Å². The average Bonchev–Trinajstić information content (AvgIpc) is 2.77. The Morgan fingerprint density at radius 3 is 2.77 bits per heavy atom. The van der Waals surface area contributed by atoms with Crippen molar-refractivity contribution in [2.45, 2.75) is 24.9 Å². The van der Waals surface area contributed by atoms with Crippen LogP contribution >= 0.6 is 12.4 Å². The normalized spacial score (nSPS) is 18.9. The summed E-state index contributed by atoms with van der Waals surface area (Å²) in [6.07, 6.45) is 1.43. The number of aromatic nitrogens is 2. The summed E-state index contributed by atoms with van der Waals surface area (Å²) in [5, 5.41) is 3.12. The molecule has 0 unspecified atom stereocenters. The van der Waals surface area contributed by atoms with Crippen LogP contribution in [0.1, 0.15) is 12.7 Å². The third kappa shape index (κ3) is 4.19. The molecule has 1 saturated heterocycles. The minimum atomic E-state index is -3.76. The number of carbonyl (C=O) groups is 1. The van der Waals surface area contributed by atoms with E-state index in [-0.39, 0.29) is 35.9 Å². The Kier molecular flexibility index (Phi) is 6.36. The monoisotopic (exact) mass is 351 g/mol. The van der Waals surface area contributed by atoms with E-state index < -0.39 is 10.0 Å². The van der Waals surface area contributed by atoms with Crippen molar-refractivity contribution in [3.63, 3.8) is 0 Å². The van der Waals surface area contributed by atoms with Crippen molar-refractivity contribution in [2.75, 3.05) is 26.2 Å². The topological polar surface area (TPSA) is 96.3 Å². The molecule has 1 aromatic heterocycles. The molecule has 1 fully saturated rings. The van der Waals surface area contributed by atoms with Crippen LogP contribution in [0.5, 0.6) is 0 Å². The van der Waals surface area contributed by atoms with Crippen molar-refractivity contribution in [3.8, 4) is 0 Å². The number of halogens is 1. The highest BCUT2D eigenvalue weighted by Crippen LogP contribution is 2.08. The highest BCUT2D eigenvalue weighted by Gasteiger charge is 2.25. The van der Waals surface area contributed by atoms with E-state index in [0.29, 0.717) is 12.4 Å². The molecule has 0 spiro atoms. The summed E-state index contributed by atoms with van der Waals surface area (Å²) in [5.41, 5.74) is 0. The van der Waals surface area contributed by atoms with E-state index in [0.717, 1.165) is 13.1 Å². The Hall–Kier alpha value is -1.16. The van der Waals surface area contributed by atoms with Crippen LogP contribution in [0.2, 0.25) is 0 Å². The molecule has 1 aliphatic rings. The highest BCUT2D eigenvalue weighted by atomic mass is 35.5. The van der Waals surface area contributed by atoms with Gasteiger partial charge in [0.15, 0.2) is 5.03 Å². The van der Waals surface area contributed by atoms with E-state index in [1.807, 2.05) is 6.92 Å². The van der Waals surface area contributed by atoms with Gasteiger partial charge in [-0.1, -0.05) is 0 Å². The quantitative estimate of drug-likeness (QED) is 0.744. The molecule has 1 aromatic rings. The number of imidazole rings is 1. The zero-order chi connectivity index (χ0) is 15.6. The molecule has 0 bridgehead atoms. The fraction of sp³-hybridized carbons (Fsp3) is 0.667. The Balaban J connectivity index is 0.00000242. The summed E-state index contributed by atoms with van der Waals surface area (Å²) in [6.45, 7) is 5.43. The van der Waals surface area contributed by atoms with Crippen molar-refractivity contribution in [1.29, 1.82) is 0 Å². The number of carbonyl (C=O) groups excluding carboxylic acids is 1. The standard InChI is InChI=1S/C12H21N5O3S.ClH/c1-9-6-13-4-5-17(9)12(18)7-14-21(19,20)11-8-16(3)10(2)15-11;/h8-9,13-14H,4-7H2,1-3H3;1H/t9-;/m0./s1. The van der Waals surface area contributed by atoms with Crippen molar-refractivity contribution >= 4 is 28.3 Å². The van der Waals surface area contributed by atoms with Gasteiger partial charge in [-0.15, -0.1) is 12.4 Å². The number of rotatable bonds is 4. The molecule has 2 N–H and O–H groups in total. The van der Waals surface area contributed by atoms with E-state index >= 15 is 0 Å². The maximum atomic E-state index is 12.1. The predicted molar refractivity (Wildman–Crippen MR) is 84.4 cm³/mol. The molecule has 22 heavy (non-hydrogen) atoms. The van der Waals surface area contributed by atoms with E-state index in [1.165, 1.54) is 6.20 Å². The van der Waals surface area contributed by atoms with Gasteiger partial charge in [-0.2, -0.15) is 0 Å². The molecule has 10 heteroatoms. The molecule has 2 rings (SSSR count). The highest BCUT2D eigenvalue weighted by molar-refractivity contribution is 7.89. The van der Waals surface area contributed by atoms with E-state index in [9.17, 15) is 13.2 Å². The van der Waals surface area contributed by atoms with Gasteiger partial charge >= 0.3 is 0 Å². The van der Waals surface area contributed by atoms with Gasteiger partial charge in [-0.05, 0) is 13.8 Å². The van der Waals surface area contributed by atoms with Crippen LogP contribution in [0.3, 0.4) is 0 Å². The Morgan fingerprint density at radius 1 is 1.55 bits per heavy atom. The van der Waals surface area contributed by atoms with E-state index in [1.54, 1.807) is 23.4 Å². The van der Waals surface area contributed by atoms with Gasteiger partial charge in [0.05, 0.1) is 6.54 Å². The van der Waals surface area contributed by atoms with Crippen LogP contribution in [0.4, 0.5) is 0 Å². The first-order valence-corrected chi connectivity index (χ1v) is 8.29. The van der Waals surface area contributed by atoms with Gasteiger partial charge in [-0.25, -0.2) is 18.1 Å². The Labute approximate surface area is 136 Å². The summed E-state index contributed by atoms with van der Waals surface area (Å²) < 4.78 is 28.1. The van der Waals surface area contributed by atoms with Gasteiger partial charge in [0.25, 0.3) is 10.0 Å². The first kappa shape index (κ1) is 18.9. The van der Waals surface area contributed by atoms with Crippen LogP contribution in [0.25, 0.3) is 0 Å². The number of piperazine rings is 1. The van der Waals surface area contributed by atoms with E-state index in [2.05, 4.69) is 15.0 Å². The zero-order valence-electron chi connectivity index (χ0n) is 12.9. The molecular formula is C12H22ClN5O3S. The number of hydrogen-bond acceptors (Lipinski definition) is 5. The van der Waals surface area contributed by atoms with Crippen LogP contribution in [0, 0.1) is 6.92 Å². The second-order valence-electron chi connectivity index (χ2n) is 5.20. The number of nitrogens with one attached hydrogen (secondary N) is 2. The molecule has 1 atom stereocenters. The molecule has 0 radical (unpaired) electrons. The van der Waals surface area contributed by atoms with Crippen molar-refractivity contribution in [1.82, 2.24) is 24.5 Å². The SMILES string of the molecule is Cc1nc(S(=O)(=O)NCC(=O)N2CCNC[C@@H]2C)cn1C.Cl. The second kappa shape index (κ2) is 7.40. The largest absolute Gasteiger partial charge is 0.337 e. The maximum Gasteiger partial charge on any atom is 0.260 e. The maximum absolute atomic E-state index is 12.1. The van der Waals surface area contributed by atoms with Gasteiger partial charge < -0.3 is 14.8 Å². The zero-order valence-corrected chi connectivity index (χ0v) is 14.5. The van der Waals surface area contributed by atoms with Gasteiger partial charge in [0.2, 0.25) is 5.91 Å². The minimum absolute atomic E-state index is 0. The number of amides is 1. The summed E-state index contributed by atoms with van der Waals surface area (Å²) >= 11 is 0. The third-order valence-electron chi connectivity index (χ3n) is 3.60. The van der Waals surface area contributed by atoms with E-state index in [4.69, 9.17) is 0 Å². The summed E-state index contributed by atoms with van der Waals surface area (Å²) in [5.74, 6) is 0.373. The lowest BCUT2D eigenvalue weighted by molar-refractivity contribution is -0.132. The molecule has 0 saturated carbocycles.